The Morgan fingerprint density at radius 2 is 1.79 bits per heavy atom. The highest BCUT2D eigenvalue weighted by molar-refractivity contribution is 5.89. The standard InChI is InChI=1S/C22H34N4O2/c1-17-9-5-6-13-20(17)25-21(27)16-26-14-8-7-12-19(26)15-23-22(28)24-18-10-3-2-4-11-18/h2-4,10-11,17,19-20H,5-9,12-16H2,1H3,(H,25,27)(H2,23,24,28)/t17-,19-,20-/m1/s1. The summed E-state index contributed by atoms with van der Waals surface area (Å²) in [4.78, 5) is 27.0. The molecule has 1 aliphatic carbocycles. The van der Waals surface area contributed by atoms with E-state index in [2.05, 4.69) is 27.8 Å². The smallest absolute Gasteiger partial charge is 0.319 e. The van der Waals surface area contributed by atoms with Crippen LogP contribution in [-0.4, -0.2) is 48.6 Å². The van der Waals surface area contributed by atoms with Gasteiger partial charge in [-0.15, -0.1) is 0 Å². The maximum atomic E-state index is 12.6. The lowest BCUT2D eigenvalue weighted by molar-refractivity contribution is -0.124. The van der Waals surface area contributed by atoms with Gasteiger partial charge in [0.25, 0.3) is 0 Å². The molecule has 1 saturated heterocycles. The van der Waals surface area contributed by atoms with E-state index in [1.165, 1.54) is 19.3 Å². The van der Waals surface area contributed by atoms with Crippen molar-refractivity contribution in [2.75, 3.05) is 25.0 Å². The normalized spacial score (nSPS) is 25.7. The molecule has 3 N–H and O–H groups in total. The minimum atomic E-state index is -0.197. The van der Waals surface area contributed by atoms with Gasteiger partial charge in [0.05, 0.1) is 6.54 Å². The molecule has 0 radical (unpaired) electrons. The van der Waals surface area contributed by atoms with Crippen molar-refractivity contribution in [2.24, 2.45) is 5.92 Å². The molecular formula is C22H34N4O2. The molecule has 154 valence electrons. The van der Waals surface area contributed by atoms with Crippen molar-refractivity contribution in [3.63, 3.8) is 0 Å². The number of anilines is 1. The molecule has 2 fully saturated rings. The van der Waals surface area contributed by atoms with Crippen LogP contribution in [0.15, 0.2) is 30.3 Å². The first kappa shape index (κ1) is 20.6. The Hall–Kier alpha value is -2.08. The average Bonchev–Trinajstić information content (AvgIpc) is 2.70. The monoisotopic (exact) mass is 386 g/mol. The van der Waals surface area contributed by atoms with E-state index in [1.54, 1.807) is 0 Å². The summed E-state index contributed by atoms with van der Waals surface area (Å²) in [5.41, 5.74) is 0.779. The number of hydrogen-bond acceptors (Lipinski definition) is 3. The molecule has 0 unspecified atom stereocenters. The first-order chi connectivity index (χ1) is 13.6. The van der Waals surface area contributed by atoms with Crippen LogP contribution >= 0.6 is 0 Å². The Bertz CT molecular complexity index is 637. The first-order valence-electron chi connectivity index (χ1n) is 10.7. The van der Waals surface area contributed by atoms with Gasteiger partial charge in [-0.3, -0.25) is 9.69 Å². The van der Waals surface area contributed by atoms with Crippen molar-refractivity contribution in [1.82, 2.24) is 15.5 Å². The topological polar surface area (TPSA) is 73.5 Å². The van der Waals surface area contributed by atoms with Crippen molar-refractivity contribution in [3.05, 3.63) is 30.3 Å². The van der Waals surface area contributed by atoms with Gasteiger partial charge in [-0.1, -0.05) is 44.4 Å². The lowest BCUT2D eigenvalue weighted by Crippen LogP contribution is -2.52. The van der Waals surface area contributed by atoms with Crippen molar-refractivity contribution in [3.8, 4) is 0 Å². The second-order valence-electron chi connectivity index (χ2n) is 8.26. The number of urea groups is 1. The second kappa shape index (κ2) is 10.5. The maximum Gasteiger partial charge on any atom is 0.319 e. The Labute approximate surface area is 168 Å². The SMILES string of the molecule is C[C@@H]1CCCC[C@H]1NC(=O)CN1CCCC[C@@H]1CNC(=O)Nc1ccccc1. The predicted octanol–water partition coefficient (Wildman–Crippen LogP) is 3.36. The highest BCUT2D eigenvalue weighted by atomic mass is 16.2. The Kier molecular flexibility index (Phi) is 7.71. The molecule has 3 amide bonds. The van der Waals surface area contributed by atoms with E-state index in [4.69, 9.17) is 0 Å². The van der Waals surface area contributed by atoms with E-state index in [0.717, 1.165) is 37.9 Å². The number of nitrogens with one attached hydrogen (secondary N) is 3. The highest BCUT2D eigenvalue weighted by Gasteiger charge is 2.27. The van der Waals surface area contributed by atoms with Gasteiger partial charge in [-0.25, -0.2) is 4.79 Å². The second-order valence-corrected chi connectivity index (χ2v) is 8.26. The molecule has 2 aliphatic rings. The third kappa shape index (κ3) is 6.23. The Balaban J connectivity index is 1.45. The quantitative estimate of drug-likeness (QED) is 0.702. The number of likely N-dealkylation sites (tertiary alicyclic amines) is 1. The van der Waals surface area contributed by atoms with Gasteiger partial charge in [0.1, 0.15) is 0 Å². The van der Waals surface area contributed by atoms with Crippen molar-refractivity contribution < 1.29 is 9.59 Å². The van der Waals surface area contributed by atoms with Crippen molar-refractivity contribution in [2.45, 2.75) is 64.0 Å². The van der Waals surface area contributed by atoms with Crippen LogP contribution in [0.25, 0.3) is 0 Å². The summed E-state index contributed by atoms with van der Waals surface area (Å²) in [5.74, 6) is 0.692. The van der Waals surface area contributed by atoms with Gasteiger partial charge >= 0.3 is 6.03 Å². The molecule has 1 aromatic rings. The van der Waals surface area contributed by atoms with E-state index < -0.39 is 0 Å². The van der Waals surface area contributed by atoms with E-state index >= 15 is 0 Å². The molecule has 1 saturated carbocycles. The molecule has 3 atom stereocenters. The zero-order chi connectivity index (χ0) is 19.8. The molecule has 1 heterocycles. The Morgan fingerprint density at radius 1 is 1.04 bits per heavy atom. The van der Waals surface area contributed by atoms with Crippen LogP contribution in [0.3, 0.4) is 0 Å². The third-order valence-electron chi connectivity index (χ3n) is 6.08. The summed E-state index contributed by atoms with van der Waals surface area (Å²) in [6.07, 6.45) is 8.05. The van der Waals surface area contributed by atoms with Gasteiger partial charge in [-0.2, -0.15) is 0 Å². The molecular weight excluding hydrogens is 352 g/mol. The van der Waals surface area contributed by atoms with E-state index in [9.17, 15) is 9.59 Å². The fraction of sp³-hybridized carbons (Fsp3) is 0.636. The largest absolute Gasteiger partial charge is 0.352 e. The summed E-state index contributed by atoms with van der Waals surface area (Å²) in [5, 5.41) is 9.07. The lowest BCUT2D eigenvalue weighted by atomic mass is 9.86. The van der Waals surface area contributed by atoms with Crippen LogP contribution in [0, 0.1) is 5.92 Å². The maximum absolute atomic E-state index is 12.6. The number of para-hydroxylation sites is 1. The molecule has 28 heavy (non-hydrogen) atoms. The molecule has 6 heteroatoms. The summed E-state index contributed by atoms with van der Waals surface area (Å²) in [6.45, 7) is 4.14. The fourth-order valence-corrected chi connectivity index (χ4v) is 4.37. The fourth-order valence-electron chi connectivity index (χ4n) is 4.37. The molecule has 1 aromatic carbocycles. The number of amides is 3. The van der Waals surface area contributed by atoms with E-state index in [-0.39, 0.29) is 18.0 Å². The van der Waals surface area contributed by atoms with Crippen LogP contribution in [0.5, 0.6) is 0 Å². The number of piperidine rings is 1. The molecule has 0 bridgehead atoms. The molecule has 0 spiro atoms. The van der Waals surface area contributed by atoms with Gasteiger partial charge in [-0.05, 0) is 50.3 Å². The summed E-state index contributed by atoms with van der Waals surface area (Å²) < 4.78 is 0. The van der Waals surface area contributed by atoms with Crippen LogP contribution in [0.4, 0.5) is 10.5 Å². The highest BCUT2D eigenvalue weighted by Crippen LogP contribution is 2.24. The van der Waals surface area contributed by atoms with Gasteiger partial charge in [0.15, 0.2) is 0 Å². The molecule has 1 aliphatic heterocycles. The third-order valence-corrected chi connectivity index (χ3v) is 6.08. The number of nitrogens with zero attached hydrogens (tertiary/aromatic N) is 1. The van der Waals surface area contributed by atoms with Gasteiger partial charge < -0.3 is 16.0 Å². The Morgan fingerprint density at radius 3 is 2.57 bits per heavy atom. The van der Waals surface area contributed by atoms with Gasteiger partial charge in [0.2, 0.25) is 5.91 Å². The molecule has 6 nitrogen and oxygen atoms in total. The number of carbonyl (C=O) groups excluding carboxylic acids is 2. The zero-order valence-electron chi connectivity index (χ0n) is 17.0. The number of carbonyl (C=O) groups is 2. The van der Waals surface area contributed by atoms with Crippen molar-refractivity contribution >= 4 is 17.6 Å². The van der Waals surface area contributed by atoms with Crippen LogP contribution in [-0.2, 0) is 4.79 Å². The van der Waals surface area contributed by atoms with Crippen molar-refractivity contribution in [1.29, 1.82) is 0 Å². The summed E-state index contributed by atoms with van der Waals surface area (Å²) in [6, 6.07) is 9.77. The van der Waals surface area contributed by atoms with Crippen LogP contribution in [0.1, 0.15) is 51.9 Å². The first-order valence-corrected chi connectivity index (χ1v) is 10.7. The van der Waals surface area contributed by atoms with E-state index in [1.807, 2.05) is 30.3 Å². The zero-order valence-corrected chi connectivity index (χ0v) is 17.0. The van der Waals surface area contributed by atoms with Crippen LogP contribution in [0.2, 0.25) is 0 Å². The van der Waals surface area contributed by atoms with Gasteiger partial charge in [0, 0.05) is 24.3 Å². The van der Waals surface area contributed by atoms with Crippen LogP contribution < -0.4 is 16.0 Å². The average molecular weight is 387 g/mol. The number of hydrogen-bond donors (Lipinski definition) is 3. The number of rotatable bonds is 6. The van der Waals surface area contributed by atoms with E-state index in [0.29, 0.717) is 25.0 Å². The number of benzene rings is 1. The summed E-state index contributed by atoms with van der Waals surface area (Å²) >= 11 is 0. The summed E-state index contributed by atoms with van der Waals surface area (Å²) in [7, 11) is 0. The lowest BCUT2D eigenvalue weighted by Gasteiger charge is -2.36. The predicted molar refractivity (Wildman–Crippen MR) is 112 cm³/mol. The molecule has 0 aromatic heterocycles. The minimum Gasteiger partial charge on any atom is -0.352 e. The molecule has 3 rings (SSSR count). The minimum absolute atomic E-state index is 0.124.